The van der Waals surface area contributed by atoms with Crippen LogP contribution >= 0.6 is 11.8 Å². The van der Waals surface area contributed by atoms with Crippen molar-refractivity contribution in [2.45, 2.75) is 6.92 Å². The van der Waals surface area contributed by atoms with Gasteiger partial charge in [0.2, 0.25) is 0 Å². The Hall–Kier alpha value is -0.820. The second-order valence-electron chi connectivity index (χ2n) is 1.46. The summed E-state index contributed by atoms with van der Waals surface area (Å²) in [6.07, 6.45) is 0. The predicted molar refractivity (Wildman–Crippen MR) is 37.3 cm³/mol. The number of nitriles is 1. The molecule has 0 saturated heterocycles. The molecule has 0 aromatic heterocycles. The van der Waals surface area contributed by atoms with Crippen molar-refractivity contribution in [1.29, 1.82) is 5.26 Å². The van der Waals surface area contributed by atoms with E-state index in [4.69, 9.17) is 5.26 Å². The first-order valence-electron chi connectivity index (χ1n) is 2.36. The van der Waals surface area contributed by atoms with Gasteiger partial charge >= 0.3 is 0 Å². The fourth-order valence-electron chi connectivity index (χ4n) is 0.358. The van der Waals surface area contributed by atoms with Gasteiger partial charge in [-0.3, -0.25) is 0 Å². The molecule has 0 aromatic rings. The molecule has 0 amide bonds. The molecule has 0 spiro atoms. The molecule has 0 N–H and O–H groups in total. The van der Waals surface area contributed by atoms with E-state index in [0.717, 1.165) is 6.92 Å². The highest BCUT2D eigenvalue weighted by molar-refractivity contribution is 8.07. The zero-order valence-corrected chi connectivity index (χ0v) is 6.13. The molecule has 0 bridgehead atoms. The smallest absolute Gasteiger partial charge is 0.138 e. The summed E-state index contributed by atoms with van der Waals surface area (Å²) in [6.45, 7) is 3.93. The molecule has 0 heterocycles. The highest BCUT2D eigenvalue weighted by Gasteiger charge is 2.06. The lowest BCUT2D eigenvalue weighted by molar-refractivity contribution is 0.611. The van der Waals surface area contributed by atoms with E-state index in [1.807, 2.05) is 0 Å². The summed E-state index contributed by atoms with van der Waals surface area (Å²) in [7, 11) is 0. The maximum absolute atomic E-state index is 12.2. The number of allylic oxidation sites excluding steroid dienone is 2. The van der Waals surface area contributed by atoms with Crippen LogP contribution in [0, 0.1) is 10.7 Å². The Bertz CT molecular complexity index is 210. The third-order valence-corrected chi connectivity index (χ3v) is 1.51. The Labute approximate surface area is 62.0 Å². The minimum Gasteiger partial charge on any atom is -0.211 e. The molecule has 0 aliphatic heterocycles. The highest BCUT2D eigenvalue weighted by atomic mass is 32.2. The van der Waals surface area contributed by atoms with Gasteiger partial charge in [-0.05, 0) is 18.7 Å². The summed E-state index contributed by atoms with van der Waals surface area (Å²) >= 11 is 0.428. The Morgan fingerprint density at radius 3 is 2.20 bits per heavy atom. The monoisotopic (exact) mass is 161 g/mol. The summed E-state index contributed by atoms with van der Waals surface area (Å²) in [5.41, 5.74) is 0. The summed E-state index contributed by atoms with van der Waals surface area (Å²) in [6, 6.07) is 0. The lowest BCUT2D eigenvalue weighted by Gasteiger charge is -1.94. The van der Waals surface area contributed by atoms with Crippen molar-refractivity contribution in [1.82, 2.24) is 0 Å². The standard InChI is InChI=1S/C6H5F2NS/c1-4(7)6(5(2)8)10-3-9/h1H2,2H3/b6-5-. The number of rotatable bonds is 2. The summed E-state index contributed by atoms with van der Waals surface area (Å²) in [5.74, 6) is -1.63. The van der Waals surface area contributed by atoms with Gasteiger partial charge in [0.15, 0.2) is 0 Å². The van der Waals surface area contributed by atoms with Crippen LogP contribution in [0.1, 0.15) is 6.92 Å². The maximum Gasteiger partial charge on any atom is 0.138 e. The maximum atomic E-state index is 12.2. The highest BCUT2D eigenvalue weighted by Crippen LogP contribution is 2.26. The van der Waals surface area contributed by atoms with Crippen LogP contribution in [0.3, 0.4) is 0 Å². The average molecular weight is 161 g/mol. The number of hydrogen-bond donors (Lipinski definition) is 0. The lowest BCUT2D eigenvalue weighted by atomic mass is 10.5. The summed E-state index contributed by atoms with van der Waals surface area (Å²) in [5, 5.41) is 9.59. The van der Waals surface area contributed by atoms with Gasteiger partial charge in [-0.15, -0.1) is 0 Å². The average Bonchev–Trinajstić information content (AvgIpc) is 1.81. The Balaban J connectivity index is 4.48. The molecule has 0 rings (SSSR count). The third-order valence-electron chi connectivity index (χ3n) is 0.707. The van der Waals surface area contributed by atoms with Gasteiger partial charge in [0.1, 0.15) is 17.1 Å². The molecule has 10 heavy (non-hydrogen) atoms. The topological polar surface area (TPSA) is 23.8 Å². The van der Waals surface area contributed by atoms with Gasteiger partial charge in [0.05, 0.1) is 4.91 Å². The van der Waals surface area contributed by atoms with Crippen LogP contribution in [0.25, 0.3) is 0 Å². The van der Waals surface area contributed by atoms with Crippen molar-refractivity contribution in [3.05, 3.63) is 23.1 Å². The molecule has 0 radical (unpaired) electrons. The largest absolute Gasteiger partial charge is 0.211 e. The SMILES string of the molecule is C=C(F)/C(SC#N)=C(\C)F. The van der Waals surface area contributed by atoms with E-state index in [0.29, 0.717) is 11.8 Å². The molecule has 0 fully saturated rings. The van der Waals surface area contributed by atoms with Crippen LogP contribution in [-0.4, -0.2) is 0 Å². The minimum absolute atomic E-state index is 0.331. The molecule has 0 aliphatic rings. The fourth-order valence-corrected chi connectivity index (χ4v) is 0.701. The Kier molecular flexibility index (Phi) is 3.74. The van der Waals surface area contributed by atoms with Crippen molar-refractivity contribution in [3.63, 3.8) is 0 Å². The minimum atomic E-state index is -0.911. The van der Waals surface area contributed by atoms with Crippen LogP contribution < -0.4 is 0 Å². The molecule has 54 valence electrons. The molecule has 0 aromatic carbocycles. The summed E-state index contributed by atoms with van der Waals surface area (Å²) < 4.78 is 24.3. The van der Waals surface area contributed by atoms with E-state index < -0.39 is 11.7 Å². The first-order chi connectivity index (χ1) is 4.59. The number of hydrogen-bond acceptors (Lipinski definition) is 2. The van der Waals surface area contributed by atoms with E-state index in [1.165, 1.54) is 0 Å². The first kappa shape index (κ1) is 9.18. The molecule has 0 saturated carbocycles. The molecule has 4 heteroatoms. The van der Waals surface area contributed by atoms with Crippen molar-refractivity contribution in [3.8, 4) is 5.40 Å². The predicted octanol–water partition coefficient (Wildman–Crippen LogP) is 2.88. The van der Waals surface area contributed by atoms with Crippen LogP contribution in [-0.2, 0) is 0 Å². The van der Waals surface area contributed by atoms with Gasteiger partial charge in [-0.1, -0.05) is 6.58 Å². The summed E-state index contributed by atoms with van der Waals surface area (Å²) in [4.78, 5) is -0.331. The first-order valence-corrected chi connectivity index (χ1v) is 3.18. The van der Waals surface area contributed by atoms with Crippen molar-refractivity contribution < 1.29 is 8.78 Å². The van der Waals surface area contributed by atoms with Crippen LogP contribution in [0.15, 0.2) is 23.1 Å². The van der Waals surface area contributed by atoms with Crippen molar-refractivity contribution in [2.24, 2.45) is 0 Å². The lowest BCUT2D eigenvalue weighted by Crippen LogP contribution is -1.77. The van der Waals surface area contributed by atoms with E-state index in [1.54, 1.807) is 5.40 Å². The molecule has 0 unspecified atom stereocenters. The number of nitrogens with zero attached hydrogens (tertiary/aromatic N) is 1. The van der Waals surface area contributed by atoms with Crippen LogP contribution in [0.4, 0.5) is 8.78 Å². The van der Waals surface area contributed by atoms with E-state index in [9.17, 15) is 8.78 Å². The fraction of sp³-hybridized carbons (Fsp3) is 0.167. The van der Waals surface area contributed by atoms with E-state index in [2.05, 4.69) is 6.58 Å². The second kappa shape index (κ2) is 4.07. The van der Waals surface area contributed by atoms with Gasteiger partial charge in [-0.2, -0.15) is 5.26 Å². The quantitative estimate of drug-likeness (QED) is 0.459. The third kappa shape index (κ3) is 2.65. The molecular weight excluding hydrogens is 156 g/mol. The van der Waals surface area contributed by atoms with Crippen molar-refractivity contribution in [2.75, 3.05) is 0 Å². The van der Waals surface area contributed by atoms with Gasteiger partial charge in [-0.25, -0.2) is 8.78 Å². The number of halogens is 2. The number of thioether (sulfide) groups is 1. The zero-order valence-electron chi connectivity index (χ0n) is 5.32. The molecule has 0 atom stereocenters. The molecule has 0 aliphatic carbocycles. The van der Waals surface area contributed by atoms with Gasteiger partial charge in [0.25, 0.3) is 0 Å². The second-order valence-corrected chi connectivity index (χ2v) is 2.26. The van der Waals surface area contributed by atoms with E-state index in [-0.39, 0.29) is 4.91 Å². The van der Waals surface area contributed by atoms with Crippen molar-refractivity contribution >= 4 is 11.8 Å². The zero-order chi connectivity index (χ0) is 8.15. The van der Waals surface area contributed by atoms with Crippen LogP contribution in [0.5, 0.6) is 0 Å². The number of thiocyanates is 1. The molecule has 1 nitrogen and oxygen atoms in total. The molecular formula is C6H5F2NS. The Morgan fingerprint density at radius 1 is 1.60 bits per heavy atom. The Morgan fingerprint density at radius 2 is 2.10 bits per heavy atom. The normalized spacial score (nSPS) is 11.8. The van der Waals surface area contributed by atoms with Gasteiger partial charge in [0, 0.05) is 0 Å². The van der Waals surface area contributed by atoms with Crippen LogP contribution in [0.2, 0.25) is 0 Å². The van der Waals surface area contributed by atoms with E-state index >= 15 is 0 Å². The van der Waals surface area contributed by atoms with Gasteiger partial charge < -0.3 is 0 Å².